The van der Waals surface area contributed by atoms with E-state index in [1.165, 1.54) is 0 Å². The SMILES string of the molecule is Cc1ccc(C(c2cc3ccccc3c(-c3ccccc3)c2-c2ccccc2)C(C(=O)c2ccccc2)C(=O)c2ccccc2)cc1. The number of benzene rings is 7. The summed E-state index contributed by atoms with van der Waals surface area (Å²) in [7, 11) is 0. The summed E-state index contributed by atoms with van der Waals surface area (Å²) in [5.74, 6) is -2.00. The molecule has 0 amide bonds. The van der Waals surface area contributed by atoms with Crippen LogP contribution in [0.4, 0.5) is 0 Å². The van der Waals surface area contributed by atoms with Gasteiger partial charge in [-0.1, -0.05) is 175 Å². The molecule has 0 fully saturated rings. The van der Waals surface area contributed by atoms with Crippen LogP contribution in [0.5, 0.6) is 0 Å². The molecule has 2 heteroatoms. The predicted octanol–water partition coefficient (Wildman–Crippen LogP) is 11.0. The van der Waals surface area contributed by atoms with Crippen LogP contribution in [0.3, 0.4) is 0 Å². The topological polar surface area (TPSA) is 34.1 Å². The molecule has 7 rings (SSSR count). The quantitative estimate of drug-likeness (QED) is 0.121. The summed E-state index contributed by atoms with van der Waals surface area (Å²) < 4.78 is 0. The standard InChI is InChI=1S/C45H34O2/c1-31-26-28-34(29-27-31)42(43(44(46)35-20-10-4-11-21-35)45(47)36-22-12-5-13-23-36)39-30-37-24-14-15-25-38(37)40(32-16-6-2-7-17-32)41(39)33-18-8-3-9-19-33/h2-30,42-43H,1H3. The normalized spacial score (nSPS) is 11.8. The lowest BCUT2D eigenvalue weighted by Crippen LogP contribution is -2.32. The Morgan fingerprint density at radius 2 is 0.915 bits per heavy atom. The van der Waals surface area contributed by atoms with Gasteiger partial charge >= 0.3 is 0 Å². The van der Waals surface area contributed by atoms with Crippen molar-refractivity contribution in [2.24, 2.45) is 5.92 Å². The summed E-state index contributed by atoms with van der Waals surface area (Å²) >= 11 is 0. The third-order valence-electron chi connectivity index (χ3n) is 8.99. The van der Waals surface area contributed by atoms with Crippen molar-refractivity contribution in [3.05, 3.63) is 204 Å². The van der Waals surface area contributed by atoms with Gasteiger partial charge in [-0.05, 0) is 57.1 Å². The van der Waals surface area contributed by atoms with Crippen molar-refractivity contribution in [3.8, 4) is 22.3 Å². The summed E-state index contributed by atoms with van der Waals surface area (Å²) in [6.45, 7) is 2.06. The van der Waals surface area contributed by atoms with Crippen LogP contribution < -0.4 is 0 Å². The van der Waals surface area contributed by atoms with Gasteiger partial charge in [0.2, 0.25) is 0 Å². The maximum Gasteiger partial charge on any atom is 0.174 e. The molecule has 0 radical (unpaired) electrons. The first-order chi connectivity index (χ1) is 23.1. The monoisotopic (exact) mass is 606 g/mol. The molecule has 1 unspecified atom stereocenters. The fourth-order valence-corrected chi connectivity index (χ4v) is 6.75. The average molecular weight is 607 g/mol. The number of aryl methyl sites for hydroxylation is 1. The van der Waals surface area contributed by atoms with Crippen molar-refractivity contribution >= 4 is 22.3 Å². The molecular formula is C45H34O2. The Kier molecular flexibility index (Phi) is 8.41. The van der Waals surface area contributed by atoms with Crippen LogP contribution in [0.25, 0.3) is 33.0 Å². The molecule has 0 saturated carbocycles. The maximum atomic E-state index is 14.9. The van der Waals surface area contributed by atoms with E-state index in [4.69, 9.17) is 0 Å². The number of fused-ring (bicyclic) bond motifs is 1. The van der Waals surface area contributed by atoms with Crippen LogP contribution in [0.2, 0.25) is 0 Å². The Morgan fingerprint density at radius 3 is 1.45 bits per heavy atom. The van der Waals surface area contributed by atoms with E-state index in [9.17, 15) is 9.59 Å². The van der Waals surface area contributed by atoms with Crippen molar-refractivity contribution in [2.45, 2.75) is 12.8 Å². The summed E-state index contributed by atoms with van der Waals surface area (Å²) in [4.78, 5) is 29.7. The third kappa shape index (κ3) is 5.94. The fourth-order valence-electron chi connectivity index (χ4n) is 6.75. The van der Waals surface area contributed by atoms with Crippen molar-refractivity contribution < 1.29 is 9.59 Å². The lowest BCUT2D eigenvalue weighted by molar-refractivity contribution is 0.0793. The highest BCUT2D eigenvalue weighted by molar-refractivity contribution is 6.17. The van der Waals surface area contributed by atoms with Gasteiger partial charge in [-0.25, -0.2) is 0 Å². The molecule has 47 heavy (non-hydrogen) atoms. The summed E-state index contributed by atoms with van der Waals surface area (Å²) in [6.07, 6.45) is 0. The van der Waals surface area contributed by atoms with Crippen molar-refractivity contribution in [3.63, 3.8) is 0 Å². The molecule has 0 saturated heterocycles. The summed E-state index contributed by atoms with van der Waals surface area (Å²) in [6, 6.07) is 58.2. The van der Waals surface area contributed by atoms with Gasteiger partial charge < -0.3 is 0 Å². The second-order valence-electron chi connectivity index (χ2n) is 12.0. The van der Waals surface area contributed by atoms with E-state index in [-0.39, 0.29) is 11.6 Å². The van der Waals surface area contributed by atoms with E-state index in [2.05, 4.69) is 91.9 Å². The second-order valence-corrected chi connectivity index (χ2v) is 12.0. The summed E-state index contributed by atoms with van der Waals surface area (Å²) in [5, 5.41) is 2.17. The number of hydrogen-bond donors (Lipinski definition) is 0. The number of carbonyl (C=O) groups excluding carboxylic acids is 2. The van der Waals surface area contributed by atoms with Gasteiger partial charge in [0.05, 0.1) is 5.92 Å². The lowest BCUT2D eigenvalue weighted by Gasteiger charge is -2.30. The molecule has 226 valence electrons. The lowest BCUT2D eigenvalue weighted by atomic mass is 9.70. The van der Waals surface area contributed by atoms with Crippen LogP contribution >= 0.6 is 0 Å². The molecule has 1 atom stereocenters. The average Bonchev–Trinajstić information content (AvgIpc) is 3.14. The van der Waals surface area contributed by atoms with E-state index < -0.39 is 11.8 Å². The molecule has 2 nitrogen and oxygen atoms in total. The number of carbonyl (C=O) groups is 2. The molecule has 0 aliphatic heterocycles. The minimum absolute atomic E-state index is 0.196. The van der Waals surface area contributed by atoms with Gasteiger partial charge in [0.25, 0.3) is 0 Å². The van der Waals surface area contributed by atoms with E-state index >= 15 is 0 Å². The van der Waals surface area contributed by atoms with E-state index in [0.717, 1.165) is 49.7 Å². The van der Waals surface area contributed by atoms with Crippen molar-refractivity contribution in [1.82, 2.24) is 0 Å². The van der Waals surface area contributed by atoms with Crippen LogP contribution in [0, 0.1) is 12.8 Å². The first-order valence-electron chi connectivity index (χ1n) is 16.0. The smallest absolute Gasteiger partial charge is 0.174 e. The van der Waals surface area contributed by atoms with E-state index in [0.29, 0.717) is 11.1 Å². The molecule has 0 N–H and O–H groups in total. The molecule has 0 heterocycles. The van der Waals surface area contributed by atoms with Crippen LogP contribution in [0.1, 0.15) is 43.3 Å². The molecule has 0 aliphatic carbocycles. The molecule has 7 aromatic carbocycles. The Morgan fingerprint density at radius 1 is 0.468 bits per heavy atom. The zero-order valence-corrected chi connectivity index (χ0v) is 26.2. The van der Waals surface area contributed by atoms with Gasteiger partial charge in [-0.3, -0.25) is 9.59 Å². The highest BCUT2D eigenvalue weighted by Crippen LogP contribution is 2.48. The fraction of sp³-hybridized carbons (Fsp3) is 0.0667. The second kappa shape index (κ2) is 13.2. The number of hydrogen-bond acceptors (Lipinski definition) is 2. The van der Waals surface area contributed by atoms with Crippen molar-refractivity contribution in [2.75, 3.05) is 0 Å². The largest absolute Gasteiger partial charge is 0.293 e. The predicted molar refractivity (Wildman–Crippen MR) is 193 cm³/mol. The Balaban J connectivity index is 1.62. The number of ketones is 2. The molecule has 0 spiro atoms. The Labute approximate surface area is 276 Å². The zero-order valence-electron chi connectivity index (χ0n) is 26.2. The maximum absolute atomic E-state index is 14.9. The zero-order chi connectivity index (χ0) is 32.2. The van der Waals surface area contributed by atoms with E-state index in [1.807, 2.05) is 91.0 Å². The van der Waals surface area contributed by atoms with Gasteiger partial charge in [-0.15, -0.1) is 0 Å². The molecule has 0 aliphatic rings. The number of rotatable bonds is 9. The Bertz CT molecular complexity index is 2100. The molecular weight excluding hydrogens is 572 g/mol. The van der Waals surface area contributed by atoms with Crippen LogP contribution in [-0.2, 0) is 0 Å². The Hall–Kier alpha value is -5.86. The summed E-state index contributed by atoms with van der Waals surface area (Å²) in [5.41, 5.74) is 8.22. The van der Waals surface area contributed by atoms with Crippen LogP contribution in [-0.4, -0.2) is 11.6 Å². The van der Waals surface area contributed by atoms with Crippen molar-refractivity contribution in [1.29, 1.82) is 0 Å². The molecule has 0 aromatic heterocycles. The minimum atomic E-state index is -1.02. The third-order valence-corrected chi connectivity index (χ3v) is 8.99. The van der Waals surface area contributed by atoms with Gasteiger partial charge in [0.1, 0.15) is 0 Å². The van der Waals surface area contributed by atoms with Gasteiger partial charge in [-0.2, -0.15) is 0 Å². The van der Waals surface area contributed by atoms with Gasteiger partial charge in [0, 0.05) is 17.0 Å². The minimum Gasteiger partial charge on any atom is -0.293 e. The number of Topliss-reactive ketones (excluding diaryl/α,β-unsaturated/α-hetero) is 2. The molecule has 7 aromatic rings. The first kappa shape index (κ1) is 29.8. The highest BCUT2D eigenvalue weighted by atomic mass is 16.2. The molecule has 0 bridgehead atoms. The highest BCUT2D eigenvalue weighted by Gasteiger charge is 2.39. The van der Waals surface area contributed by atoms with Gasteiger partial charge in [0.15, 0.2) is 11.6 Å². The first-order valence-corrected chi connectivity index (χ1v) is 16.0. The van der Waals surface area contributed by atoms with Crippen LogP contribution in [0.15, 0.2) is 176 Å². The van der Waals surface area contributed by atoms with E-state index in [1.54, 1.807) is 0 Å².